The summed E-state index contributed by atoms with van der Waals surface area (Å²) < 4.78 is 10.3. The molecule has 0 aromatic rings. The van der Waals surface area contributed by atoms with Crippen LogP contribution in [-0.4, -0.2) is 65.6 Å². The van der Waals surface area contributed by atoms with Gasteiger partial charge in [0.2, 0.25) is 5.91 Å². The highest BCUT2D eigenvalue weighted by Gasteiger charge is 2.46. The average Bonchev–Trinajstić information content (AvgIpc) is 3.19. The van der Waals surface area contributed by atoms with Gasteiger partial charge in [0.15, 0.2) is 6.29 Å². The van der Waals surface area contributed by atoms with E-state index in [2.05, 4.69) is 5.32 Å². The summed E-state index contributed by atoms with van der Waals surface area (Å²) in [5.74, 6) is -0.179. The molecule has 104 valence electrons. The molecule has 1 aliphatic carbocycles. The molecule has 5 atom stereocenters. The Morgan fingerprint density at radius 1 is 1.39 bits per heavy atom. The molecule has 7 heteroatoms. The van der Waals surface area contributed by atoms with Crippen molar-refractivity contribution in [3.63, 3.8) is 0 Å². The average molecular weight is 261 g/mol. The number of methoxy groups -OCH3 is 1. The molecule has 1 heterocycles. The van der Waals surface area contributed by atoms with Crippen LogP contribution in [0.4, 0.5) is 0 Å². The van der Waals surface area contributed by atoms with E-state index in [4.69, 9.17) is 14.6 Å². The largest absolute Gasteiger partial charge is 0.394 e. The zero-order valence-corrected chi connectivity index (χ0v) is 10.2. The molecule has 0 aromatic carbocycles. The summed E-state index contributed by atoms with van der Waals surface area (Å²) in [6.07, 6.45) is -2.61. The summed E-state index contributed by atoms with van der Waals surface area (Å²) >= 11 is 0. The molecular weight excluding hydrogens is 242 g/mol. The second-order valence-corrected chi connectivity index (χ2v) is 4.75. The fraction of sp³-hybridized carbons (Fsp3) is 0.909. The Kier molecular flexibility index (Phi) is 4.18. The van der Waals surface area contributed by atoms with Crippen molar-refractivity contribution in [1.82, 2.24) is 5.32 Å². The lowest BCUT2D eigenvalue weighted by Gasteiger charge is -2.41. The first-order valence-corrected chi connectivity index (χ1v) is 6.04. The van der Waals surface area contributed by atoms with Crippen molar-refractivity contribution < 1.29 is 29.6 Å². The van der Waals surface area contributed by atoms with Crippen molar-refractivity contribution in [2.75, 3.05) is 13.7 Å². The van der Waals surface area contributed by atoms with E-state index in [0.717, 1.165) is 12.8 Å². The summed E-state index contributed by atoms with van der Waals surface area (Å²) in [7, 11) is 1.37. The van der Waals surface area contributed by atoms with Crippen LogP contribution in [0.15, 0.2) is 0 Å². The maximum absolute atomic E-state index is 11.7. The van der Waals surface area contributed by atoms with Crippen molar-refractivity contribution in [2.45, 2.75) is 43.5 Å². The number of aliphatic hydroxyl groups is 3. The molecule has 2 aliphatic rings. The van der Waals surface area contributed by atoms with E-state index in [9.17, 15) is 15.0 Å². The summed E-state index contributed by atoms with van der Waals surface area (Å²) in [4.78, 5) is 11.7. The predicted molar refractivity (Wildman–Crippen MR) is 59.4 cm³/mol. The number of nitrogens with one attached hydrogen (secondary N) is 1. The van der Waals surface area contributed by atoms with Gasteiger partial charge in [-0.3, -0.25) is 4.79 Å². The van der Waals surface area contributed by atoms with Gasteiger partial charge in [-0.2, -0.15) is 0 Å². The van der Waals surface area contributed by atoms with E-state index < -0.39 is 37.3 Å². The number of hydrogen-bond acceptors (Lipinski definition) is 6. The number of rotatable bonds is 4. The molecule has 1 unspecified atom stereocenters. The molecule has 0 bridgehead atoms. The van der Waals surface area contributed by atoms with Crippen molar-refractivity contribution in [3.05, 3.63) is 0 Å². The second-order valence-electron chi connectivity index (χ2n) is 4.75. The van der Waals surface area contributed by atoms with Crippen LogP contribution in [0.2, 0.25) is 0 Å². The van der Waals surface area contributed by atoms with Crippen LogP contribution in [0.5, 0.6) is 0 Å². The van der Waals surface area contributed by atoms with E-state index in [1.54, 1.807) is 0 Å². The van der Waals surface area contributed by atoms with Gasteiger partial charge in [0, 0.05) is 13.0 Å². The third kappa shape index (κ3) is 2.65. The molecule has 0 aromatic heterocycles. The highest BCUT2D eigenvalue weighted by molar-refractivity contribution is 5.81. The van der Waals surface area contributed by atoms with Crippen LogP contribution in [0.1, 0.15) is 12.8 Å². The molecule has 1 saturated carbocycles. The number of amides is 1. The van der Waals surface area contributed by atoms with E-state index in [1.807, 2.05) is 0 Å². The Balaban J connectivity index is 2.03. The van der Waals surface area contributed by atoms with Crippen molar-refractivity contribution in [1.29, 1.82) is 0 Å². The van der Waals surface area contributed by atoms with Crippen molar-refractivity contribution >= 4 is 5.91 Å². The second kappa shape index (κ2) is 5.50. The zero-order valence-electron chi connectivity index (χ0n) is 10.2. The fourth-order valence-corrected chi connectivity index (χ4v) is 2.07. The zero-order chi connectivity index (χ0) is 13.3. The van der Waals surface area contributed by atoms with Crippen molar-refractivity contribution in [2.24, 2.45) is 5.92 Å². The maximum Gasteiger partial charge on any atom is 0.223 e. The van der Waals surface area contributed by atoms with Gasteiger partial charge in [-0.1, -0.05) is 0 Å². The lowest BCUT2D eigenvalue weighted by molar-refractivity contribution is -0.262. The molecular formula is C11H19NO6. The first-order valence-electron chi connectivity index (χ1n) is 6.04. The monoisotopic (exact) mass is 261 g/mol. The van der Waals surface area contributed by atoms with Crippen LogP contribution >= 0.6 is 0 Å². The molecule has 4 N–H and O–H groups in total. The number of hydrogen-bond donors (Lipinski definition) is 4. The SMILES string of the molecule is COC1O[C@H](CO)[C@H](O)[C@H](O)[C@H]1NC(=O)C1CC1. The minimum absolute atomic E-state index is 0.0117. The van der Waals surface area contributed by atoms with Gasteiger partial charge < -0.3 is 30.1 Å². The standard InChI is InChI=1S/C11H19NO6/c1-17-11-7(12-10(16)5-2-3-5)9(15)8(14)6(4-13)18-11/h5-9,11,13-15H,2-4H2,1H3,(H,12,16)/t6-,7-,8+,9-,11?/m1/s1. The molecule has 1 saturated heterocycles. The number of carbonyl (C=O) groups excluding carboxylic acids is 1. The quantitative estimate of drug-likeness (QED) is 0.464. The number of aliphatic hydroxyl groups excluding tert-OH is 3. The summed E-state index contributed by atoms with van der Waals surface area (Å²) in [5, 5.41) is 31.3. The Labute approximate surface area is 105 Å². The summed E-state index contributed by atoms with van der Waals surface area (Å²) in [6, 6.07) is -0.833. The summed E-state index contributed by atoms with van der Waals surface area (Å²) in [6.45, 7) is -0.429. The molecule has 1 amide bonds. The van der Waals surface area contributed by atoms with Crippen LogP contribution < -0.4 is 5.32 Å². The first kappa shape index (κ1) is 13.7. The van der Waals surface area contributed by atoms with Crippen LogP contribution in [0, 0.1) is 5.92 Å². The smallest absolute Gasteiger partial charge is 0.223 e. The lowest BCUT2D eigenvalue weighted by Crippen LogP contribution is -2.64. The maximum atomic E-state index is 11.7. The van der Waals surface area contributed by atoms with Gasteiger partial charge >= 0.3 is 0 Å². The summed E-state index contributed by atoms with van der Waals surface area (Å²) in [5.41, 5.74) is 0. The third-order valence-corrected chi connectivity index (χ3v) is 3.37. The van der Waals surface area contributed by atoms with Gasteiger partial charge in [-0.25, -0.2) is 0 Å². The van der Waals surface area contributed by atoms with Gasteiger partial charge in [0.1, 0.15) is 24.4 Å². The highest BCUT2D eigenvalue weighted by Crippen LogP contribution is 2.30. The Bertz CT molecular complexity index is 306. The topological polar surface area (TPSA) is 108 Å². The van der Waals surface area contributed by atoms with Crippen LogP contribution in [-0.2, 0) is 14.3 Å². The van der Waals surface area contributed by atoms with Gasteiger partial charge in [0.05, 0.1) is 6.61 Å². The van der Waals surface area contributed by atoms with Gasteiger partial charge in [0.25, 0.3) is 0 Å². The lowest BCUT2D eigenvalue weighted by atomic mass is 9.97. The minimum Gasteiger partial charge on any atom is -0.394 e. The Morgan fingerprint density at radius 2 is 2.06 bits per heavy atom. The molecule has 1 aliphatic heterocycles. The molecule has 0 radical (unpaired) electrons. The van der Waals surface area contributed by atoms with E-state index in [0.29, 0.717) is 0 Å². The fourth-order valence-electron chi connectivity index (χ4n) is 2.07. The molecule has 18 heavy (non-hydrogen) atoms. The van der Waals surface area contributed by atoms with Crippen molar-refractivity contribution in [3.8, 4) is 0 Å². The molecule has 7 nitrogen and oxygen atoms in total. The Hall–Kier alpha value is -0.730. The van der Waals surface area contributed by atoms with Gasteiger partial charge in [-0.05, 0) is 12.8 Å². The van der Waals surface area contributed by atoms with Crippen LogP contribution in [0.25, 0.3) is 0 Å². The molecule has 2 rings (SSSR count). The van der Waals surface area contributed by atoms with E-state index in [1.165, 1.54) is 7.11 Å². The predicted octanol–water partition coefficient (Wildman–Crippen LogP) is -2.03. The minimum atomic E-state index is -1.26. The Morgan fingerprint density at radius 3 is 2.56 bits per heavy atom. The van der Waals surface area contributed by atoms with E-state index in [-0.39, 0.29) is 11.8 Å². The first-order chi connectivity index (χ1) is 8.58. The molecule has 2 fully saturated rings. The normalized spacial score (nSPS) is 40.6. The molecule has 0 spiro atoms. The number of carbonyl (C=O) groups is 1. The van der Waals surface area contributed by atoms with E-state index >= 15 is 0 Å². The highest BCUT2D eigenvalue weighted by atomic mass is 16.7. The third-order valence-electron chi connectivity index (χ3n) is 3.37. The number of ether oxygens (including phenoxy) is 2. The van der Waals surface area contributed by atoms with Crippen LogP contribution in [0.3, 0.4) is 0 Å². The van der Waals surface area contributed by atoms with Gasteiger partial charge in [-0.15, -0.1) is 0 Å².